The quantitative estimate of drug-likeness (QED) is 0.615. The molecule has 7 heteroatoms. The van der Waals surface area contributed by atoms with Gasteiger partial charge in [0.15, 0.2) is 5.82 Å². The van der Waals surface area contributed by atoms with E-state index in [9.17, 15) is 9.50 Å². The monoisotopic (exact) mass is 377 g/mol. The second kappa shape index (κ2) is 7.66. The minimum absolute atomic E-state index is 0.0344. The van der Waals surface area contributed by atoms with Crippen molar-refractivity contribution in [3.05, 3.63) is 84.2 Å². The third-order valence-corrected chi connectivity index (χ3v) is 4.57. The number of aromatic nitrogens is 2. The minimum atomic E-state index is -0.260. The van der Waals surface area contributed by atoms with Gasteiger partial charge in [-0.2, -0.15) is 0 Å². The lowest BCUT2D eigenvalue weighted by Crippen LogP contribution is -2.18. The molecule has 1 atom stereocenters. The second-order valence-electron chi connectivity index (χ2n) is 6.52. The van der Waals surface area contributed by atoms with E-state index in [-0.39, 0.29) is 18.5 Å². The molecule has 0 saturated heterocycles. The molecule has 0 unspecified atom stereocenters. The molecule has 0 fully saturated rings. The molecule has 2 heterocycles. The van der Waals surface area contributed by atoms with E-state index in [4.69, 9.17) is 0 Å². The van der Waals surface area contributed by atoms with Crippen LogP contribution in [0.3, 0.4) is 0 Å². The molecule has 1 aliphatic rings. The van der Waals surface area contributed by atoms with E-state index in [0.717, 1.165) is 22.5 Å². The van der Waals surface area contributed by atoms with Crippen molar-refractivity contribution in [2.45, 2.75) is 19.6 Å². The Balaban J connectivity index is 1.60. The Morgan fingerprint density at radius 2 is 2.00 bits per heavy atom. The van der Waals surface area contributed by atoms with Crippen LogP contribution in [0.25, 0.3) is 0 Å². The van der Waals surface area contributed by atoms with Crippen LogP contribution in [0.4, 0.5) is 27.4 Å². The smallest absolute Gasteiger partial charge is 0.158 e. The van der Waals surface area contributed by atoms with E-state index in [1.807, 2.05) is 42.4 Å². The normalized spacial score (nSPS) is 13.6. The summed E-state index contributed by atoms with van der Waals surface area (Å²) in [5.41, 5.74) is 3.56. The van der Waals surface area contributed by atoms with E-state index in [0.29, 0.717) is 11.6 Å². The zero-order chi connectivity index (χ0) is 19.5. The SMILES string of the molecule is C[C@H](Nc1cncc(N2C=CNc3ccc(CO)cc32)n1)c1ccc(F)cc1. The first kappa shape index (κ1) is 17.9. The van der Waals surface area contributed by atoms with Crippen LogP contribution in [0.5, 0.6) is 0 Å². The predicted octanol–water partition coefficient (Wildman–Crippen LogP) is 4.32. The van der Waals surface area contributed by atoms with Crippen LogP contribution < -0.4 is 15.5 Å². The summed E-state index contributed by atoms with van der Waals surface area (Å²) in [5, 5.41) is 15.9. The maximum absolute atomic E-state index is 13.1. The Bertz CT molecular complexity index is 1010. The Labute approximate surface area is 162 Å². The molecule has 28 heavy (non-hydrogen) atoms. The number of nitrogens with zero attached hydrogens (tertiary/aromatic N) is 3. The molecule has 0 amide bonds. The zero-order valence-electron chi connectivity index (χ0n) is 15.3. The standard InChI is InChI=1S/C21H20FN5O/c1-14(16-3-5-17(22)6-4-16)25-20-11-23-12-21(26-20)27-9-8-24-18-7-2-15(13-28)10-19(18)27/h2-12,14,24,28H,13H2,1H3,(H,25,26)/t14-/m0/s1. The molecule has 1 aliphatic heterocycles. The minimum Gasteiger partial charge on any atom is -0.392 e. The van der Waals surface area contributed by atoms with E-state index in [2.05, 4.69) is 20.6 Å². The summed E-state index contributed by atoms with van der Waals surface area (Å²) >= 11 is 0. The highest BCUT2D eigenvalue weighted by Crippen LogP contribution is 2.35. The van der Waals surface area contributed by atoms with Gasteiger partial charge in [-0.3, -0.25) is 9.88 Å². The molecular weight excluding hydrogens is 357 g/mol. The lowest BCUT2D eigenvalue weighted by Gasteiger charge is -2.27. The fourth-order valence-corrected chi connectivity index (χ4v) is 3.08. The maximum atomic E-state index is 13.1. The Morgan fingerprint density at radius 1 is 1.18 bits per heavy atom. The fraction of sp³-hybridized carbons (Fsp3) is 0.143. The Hall–Kier alpha value is -3.45. The summed E-state index contributed by atoms with van der Waals surface area (Å²) in [7, 11) is 0. The molecule has 6 nitrogen and oxygen atoms in total. The van der Waals surface area contributed by atoms with E-state index in [1.54, 1.807) is 24.5 Å². The van der Waals surface area contributed by atoms with Crippen LogP contribution in [-0.4, -0.2) is 15.1 Å². The highest BCUT2D eigenvalue weighted by molar-refractivity contribution is 5.80. The zero-order valence-corrected chi connectivity index (χ0v) is 15.3. The van der Waals surface area contributed by atoms with Crippen molar-refractivity contribution < 1.29 is 9.50 Å². The van der Waals surface area contributed by atoms with Crippen molar-refractivity contribution in [3.8, 4) is 0 Å². The van der Waals surface area contributed by atoms with Gasteiger partial charge in [-0.1, -0.05) is 18.2 Å². The van der Waals surface area contributed by atoms with Gasteiger partial charge in [0.2, 0.25) is 0 Å². The van der Waals surface area contributed by atoms with Crippen LogP contribution in [0.2, 0.25) is 0 Å². The number of fused-ring (bicyclic) bond motifs is 1. The largest absolute Gasteiger partial charge is 0.392 e. The summed E-state index contributed by atoms with van der Waals surface area (Å²) in [6, 6.07) is 12.0. The van der Waals surface area contributed by atoms with Gasteiger partial charge in [0.1, 0.15) is 11.6 Å². The first-order valence-electron chi connectivity index (χ1n) is 8.94. The molecule has 0 radical (unpaired) electrons. The number of anilines is 4. The van der Waals surface area contributed by atoms with Crippen LogP contribution in [0.1, 0.15) is 24.1 Å². The molecule has 2 aromatic carbocycles. The molecule has 1 aromatic heterocycles. The lowest BCUT2D eigenvalue weighted by atomic mass is 10.1. The summed E-state index contributed by atoms with van der Waals surface area (Å²) in [6.45, 7) is 1.95. The Morgan fingerprint density at radius 3 is 2.79 bits per heavy atom. The molecule has 0 spiro atoms. The summed E-state index contributed by atoms with van der Waals surface area (Å²) < 4.78 is 13.1. The average molecular weight is 377 g/mol. The highest BCUT2D eigenvalue weighted by atomic mass is 19.1. The molecule has 142 valence electrons. The number of rotatable bonds is 5. The summed E-state index contributed by atoms with van der Waals surface area (Å²) in [6.07, 6.45) is 7.02. The van der Waals surface area contributed by atoms with E-state index < -0.39 is 0 Å². The molecule has 0 aliphatic carbocycles. The molecule has 0 saturated carbocycles. The van der Waals surface area contributed by atoms with Crippen molar-refractivity contribution in [2.75, 3.05) is 15.5 Å². The number of benzene rings is 2. The second-order valence-corrected chi connectivity index (χ2v) is 6.52. The number of hydrogen-bond acceptors (Lipinski definition) is 6. The molecule has 0 bridgehead atoms. The molecular formula is C21H20FN5O. The van der Waals surface area contributed by atoms with Crippen molar-refractivity contribution in [1.29, 1.82) is 0 Å². The summed E-state index contributed by atoms with van der Waals surface area (Å²) in [5.74, 6) is 0.996. The van der Waals surface area contributed by atoms with Gasteiger partial charge in [0, 0.05) is 18.4 Å². The van der Waals surface area contributed by atoms with Crippen molar-refractivity contribution >= 4 is 23.0 Å². The van der Waals surface area contributed by atoms with Gasteiger partial charge in [-0.25, -0.2) is 9.37 Å². The summed E-state index contributed by atoms with van der Waals surface area (Å²) in [4.78, 5) is 10.9. The fourth-order valence-electron chi connectivity index (χ4n) is 3.08. The van der Waals surface area contributed by atoms with Gasteiger partial charge in [0.05, 0.1) is 30.4 Å². The number of halogens is 1. The van der Waals surface area contributed by atoms with Crippen molar-refractivity contribution in [2.24, 2.45) is 0 Å². The van der Waals surface area contributed by atoms with Gasteiger partial charge in [-0.15, -0.1) is 0 Å². The van der Waals surface area contributed by atoms with Crippen LogP contribution in [0.15, 0.2) is 67.3 Å². The first-order valence-corrected chi connectivity index (χ1v) is 8.94. The van der Waals surface area contributed by atoms with Crippen LogP contribution >= 0.6 is 0 Å². The van der Waals surface area contributed by atoms with Crippen LogP contribution in [0, 0.1) is 5.82 Å². The lowest BCUT2D eigenvalue weighted by molar-refractivity contribution is 0.282. The topological polar surface area (TPSA) is 73.3 Å². The maximum Gasteiger partial charge on any atom is 0.158 e. The van der Waals surface area contributed by atoms with E-state index in [1.165, 1.54) is 12.1 Å². The number of aliphatic hydroxyl groups excluding tert-OH is 1. The third-order valence-electron chi connectivity index (χ3n) is 4.57. The molecule has 3 aromatic rings. The van der Waals surface area contributed by atoms with Crippen molar-refractivity contribution in [3.63, 3.8) is 0 Å². The number of nitrogens with one attached hydrogen (secondary N) is 2. The predicted molar refractivity (Wildman–Crippen MR) is 108 cm³/mol. The van der Waals surface area contributed by atoms with Gasteiger partial charge in [0.25, 0.3) is 0 Å². The number of hydrogen-bond donors (Lipinski definition) is 3. The third kappa shape index (κ3) is 3.65. The first-order chi connectivity index (χ1) is 13.6. The van der Waals surface area contributed by atoms with Crippen molar-refractivity contribution in [1.82, 2.24) is 9.97 Å². The average Bonchev–Trinajstić information content (AvgIpc) is 2.73. The van der Waals surface area contributed by atoms with Gasteiger partial charge >= 0.3 is 0 Å². The Kier molecular flexibility index (Phi) is 4.90. The molecule has 3 N–H and O–H groups in total. The highest BCUT2D eigenvalue weighted by Gasteiger charge is 2.17. The van der Waals surface area contributed by atoms with Gasteiger partial charge < -0.3 is 15.7 Å². The van der Waals surface area contributed by atoms with Gasteiger partial charge in [-0.05, 0) is 42.3 Å². The molecule has 4 rings (SSSR count). The van der Waals surface area contributed by atoms with E-state index >= 15 is 0 Å². The number of aliphatic hydroxyl groups is 1. The van der Waals surface area contributed by atoms with Crippen LogP contribution in [-0.2, 0) is 6.61 Å².